The van der Waals surface area contributed by atoms with Crippen LogP contribution in [-0.4, -0.2) is 22.2 Å². The monoisotopic (exact) mass is 360 g/mol. The molecule has 8 bridgehead atoms. The molecule has 0 aliphatic heterocycles. The Labute approximate surface area is 155 Å². The molecule has 0 spiro atoms. The van der Waals surface area contributed by atoms with Gasteiger partial charge in [0.05, 0.1) is 10.8 Å². The van der Waals surface area contributed by atoms with Crippen LogP contribution in [0.25, 0.3) is 0 Å². The molecule has 8 aliphatic rings. The molecule has 0 atom stereocenters. The molecule has 8 aliphatic carbocycles. The van der Waals surface area contributed by atoms with Crippen molar-refractivity contribution < 1.29 is 19.8 Å². The zero-order valence-corrected chi connectivity index (χ0v) is 15.7. The van der Waals surface area contributed by atoms with Crippen LogP contribution in [-0.2, 0) is 9.59 Å². The summed E-state index contributed by atoms with van der Waals surface area (Å²) < 4.78 is 0. The Morgan fingerprint density at radius 2 is 0.692 bits per heavy atom. The minimum Gasteiger partial charge on any atom is -0.481 e. The zero-order chi connectivity index (χ0) is 18.1. The smallest absolute Gasteiger partial charge is 0.309 e. The molecule has 8 fully saturated rings. The lowest BCUT2D eigenvalue weighted by molar-refractivity contribution is -0.165. The SMILES string of the molecule is O=C(O)C12CC3CC(CC(C3)C1)C2.O=C(O)C12CC3CC(CC(C3)C1)C2. The lowest BCUT2D eigenvalue weighted by Crippen LogP contribution is -2.49. The van der Waals surface area contributed by atoms with E-state index in [4.69, 9.17) is 0 Å². The normalized spacial score (nSPS) is 52.5. The van der Waals surface area contributed by atoms with Gasteiger partial charge in [-0.05, 0) is 113 Å². The quantitative estimate of drug-likeness (QED) is 0.756. The fourth-order valence-corrected chi connectivity index (χ4v) is 8.75. The van der Waals surface area contributed by atoms with Crippen LogP contribution < -0.4 is 0 Å². The lowest BCUT2D eigenvalue weighted by atomic mass is 9.49. The predicted octanol–water partition coefficient (Wildman–Crippen LogP) is 4.57. The Balaban J connectivity index is 0.000000115. The molecular weight excluding hydrogens is 328 g/mol. The Morgan fingerprint density at radius 1 is 0.500 bits per heavy atom. The lowest BCUT2D eigenvalue weighted by Gasteiger charge is -2.54. The third-order valence-corrected chi connectivity index (χ3v) is 8.98. The summed E-state index contributed by atoms with van der Waals surface area (Å²) in [5, 5.41) is 18.6. The highest BCUT2D eigenvalue weighted by molar-refractivity contribution is 5.75. The highest BCUT2D eigenvalue weighted by Crippen LogP contribution is 2.61. The average Bonchev–Trinajstić information content (AvgIpc) is 2.52. The number of aliphatic carboxylic acids is 2. The van der Waals surface area contributed by atoms with Crippen LogP contribution in [0.4, 0.5) is 0 Å². The summed E-state index contributed by atoms with van der Waals surface area (Å²) in [6.45, 7) is 0. The van der Waals surface area contributed by atoms with Gasteiger partial charge in [-0.15, -0.1) is 0 Å². The molecule has 8 saturated carbocycles. The van der Waals surface area contributed by atoms with Crippen molar-refractivity contribution in [1.29, 1.82) is 0 Å². The van der Waals surface area contributed by atoms with Crippen molar-refractivity contribution in [1.82, 2.24) is 0 Å². The third kappa shape index (κ3) is 2.62. The van der Waals surface area contributed by atoms with Crippen LogP contribution >= 0.6 is 0 Å². The van der Waals surface area contributed by atoms with E-state index in [0.717, 1.165) is 74.0 Å². The molecule has 26 heavy (non-hydrogen) atoms. The fourth-order valence-electron chi connectivity index (χ4n) is 8.75. The third-order valence-electron chi connectivity index (χ3n) is 8.98. The topological polar surface area (TPSA) is 74.6 Å². The minimum atomic E-state index is -0.508. The minimum absolute atomic E-state index is 0.283. The number of carboxylic acids is 2. The molecule has 2 N–H and O–H groups in total. The van der Waals surface area contributed by atoms with E-state index in [-0.39, 0.29) is 10.8 Å². The van der Waals surface area contributed by atoms with Gasteiger partial charge in [0.25, 0.3) is 0 Å². The standard InChI is InChI=1S/2C11H16O2/c2*12-10(13)11-4-7-1-8(5-11)3-9(2-7)6-11/h2*7-9H,1-6H2,(H,12,13). The van der Waals surface area contributed by atoms with E-state index in [2.05, 4.69) is 0 Å². The predicted molar refractivity (Wildman–Crippen MR) is 96.5 cm³/mol. The van der Waals surface area contributed by atoms with Crippen molar-refractivity contribution in [2.75, 3.05) is 0 Å². The zero-order valence-electron chi connectivity index (χ0n) is 15.7. The first-order valence-electron chi connectivity index (χ1n) is 10.8. The maximum atomic E-state index is 11.3. The van der Waals surface area contributed by atoms with Crippen LogP contribution in [0.15, 0.2) is 0 Å². The molecule has 8 rings (SSSR count). The van der Waals surface area contributed by atoms with Crippen LogP contribution in [0, 0.1) is 46.3 Å². The largest absolute Gasteiger partial charge is 0.481 e. The fraction of sp³-hybridized carbons (Fsp3) is 0.909. The second kappa shape index (κ2) is 5.72. The van der Waals surface area contributed by atoms with Crippen LogP contribution in [0.2, 0.25) is 0 Å². The van der Waals surface area contributed by atoms with E-state index in [1.807, 2.05) is 0 Å². The summed E-state index contributed by atoms with van der Waals surface area (Å²) in [5.41, 5.74) is -0.566. The first-order valence-corrected chi connectivity index (χ1v) is 10.8. The van der Waals surface area contributed by atoms with Gasteiger partial charge in [-0.2, -0.15) is 0 Å². The second-order valence-electron chi connectivity index (χ2n) is 11.0. The van der Waals surface area contributed by atoms with E-state index in [0.29, 0.717) is 0 Å². The van der Waals surface area contributed by atoms with Gasteiger partial charge in [0.15, 0.2) is 0 Å². The summed E-state index contributed by atoms with van der Waals surface area (Å²) in [4.78, 5) is 22.5. The van der Waals surface area contributed by atoms with Gasteiger partial charge in [0.2, 0.25) is 0 Å². The van der Waals surface area contributed by atoms with Gasteiger partial charge in [-0.25, -0.2) is 0 Å². The molecule has 0 aromatic heterocycles. The molecule has 0 aromatic carbocycles. The number of hydrogen-bond donors (Lipinski definition) is 2. The van der Waals surface area contributed by atoms with E-state index in [9.17, 15) is 19.8 Å². The van der Waals surface area contributed by atoms with Crippen molar-refractivity contribution >= 4 is 11.9 Å². The van der Waals surface area contributed by atoms with Crippen LogP contribution in [0.3, 0.4) is 0 Å². The van der Waals surface area contributed by atoms with Crippen molar-refractivity contribution in [3.63, 3.8) is 0 Å². The highest BCUT2D eigenvalue weighted by Gasteiger charge is 2.55. The molecule has 0 heterocycles. The first kappa shape index (κ1) is 17.1. The number of carboxylic acid groups (broad SMARTS) is 2. The van der Waals surface area contributed by atoms with Crippen molar-refractivity contribution in [3.05, 3.63) is 0 Å². The summed E-state index contributed by atoms with van der Waals surface area (Å²) >= 11 is 0. The highest BCUT2D eigenvalue weighted by atomic mass is 16.4. The summed E-state index contributed by atoms with van der Waals surface area (Å²) in [7, 11) is 0. The Hall–Kier alpha value is -1.06. The van der Waals surface area contributed by atoms with Crippen LogP contribution in [0.5, 0.6) is 0 Å². The molecule has 0 unspecified atom stereocenters. The van der Waals surface area contributed by atoms with E-state index >= 15 is 0 Å². The molecule has 4 heteroatoms. The van der Waals surface area contributed by atoms with Gasteiger partial charge in [0, 0.05) is 0 Å². The molecule has 0 amide bonds. The molecule has 0 saturated heterocycles. The molecule has 144 valence electrons. The first-order chi connectivity index (χ1) is 12.4. The molecule has 4 nitrogen and oxygen atoms in total. The summed E-state index contributed by atoms with van der Waals surface area (Å²) in [6.07, 6.45) is 13.8. The Bertz CT molecular complexity index is 497. The number of rotatable bonds is 2. The number of hydrogen-bond acceptors (Lipinski definition) is 2. The summed E-state index contributed by atoms with van der Waals surface area (Å²) in [5.74, 6) is 3.50. The maximum Gasteiger partial charge on any atom is 0.309 e. The van der Waals surface area contributed by atoms with E-state index in [1.54, 1.807) is 0 Å². The molecular formula is C22H32O4. The van der Waals surface area contributed by atoms with Gasteiger partial charge in [0.1, 0.15) is 0 Å². The van der Waals surface area contributed by atoms with Crippen molar-refractivity contribution in [2.24, 2.45) is 46.3 Å². The maximum absolute atomic E-state index is 11.3. The Morgan fingerprint density at radius 3 is 0.846 bits per heavy atom. The van der Waals surface area contributed by atoms with Gasteiger partial charge in [-0.3, -0.25) is 9.59 Å². The van der Waals surface area contributed by atoms with Gasteiger partial charge < -0.3 is 10.2 Å². The van der Waals surface area contributed by atoms with Crippen molar-refractivity contribution in [3.8, 4) is 0 Å². The van der Waals surface area contributed by atoms with Crippen molar-refractivity contribution in [2.45, 2.75) is 77.0 Å². The summed E-state index contributed by atoms with van der Waals surface area (Å²) in [6, 6.07) is 0. The van der Waals surface area contributed by atoms with Gasteiger partial charge >= 0.3 is 11.9 Å². The van der Waals surface area contributed by atoms with Crippen LogP contribution in [0.1, 0.15) is 77.0 Å². The van der Waals surface area contributed by atoms with Gasteiger partial charge in [-0.1, -0.05) is 0 Å². The Kier molecular flexibility index (Phi) is 3.75. The van der Waals surface area contributed by atoms with E-state index < -0.39 is 11.9 Å². The molecule has 0 aromatic rings. The van der Waals surface area contributed by atoms with E-state index in [1.165, 1.54) is 38.5 Å². The average molecular weight is 360 g/mol. The molecule has 0 radical (unpaired) electrons. The number of carbonyl (C=O) groups is 2. The second-order valence-corrected chi connectivity index (χ2v) is 11.0.